The molecule has 11 nitrogen and oxygen atoms in total. The lowest BCUT2D eigenvalue weighted by molar-refractivity contribution is -0.271. The molecule has 0 bridgehead atoms. The second-order valence-electron chi connectivity index (χ2n) is 32.0. The van der Waals surface area contributed by atoms with Gasteiger partial charge in [-0.1, -0.05) is 134 Å². The van der Waals surface area contributed by atoms with Crippen LogP contribution in [-0.4, -0.2) is 110 Å². The maximum atomic E-state index is 14.0. The van der Waals surface area contributed by atoms with Gasteiger partial charge in [-0.3, -0.25) is 4.18 Å². The van der Waals surface area contributed by atoms with Crippen molar-refractivity contribution in [3.63, 3.8) is 0 Å². The maximum Gasteiger partial charge on any atom is 0.419 e. The van der Waals surface area contributed by atoms with E-state index in [4.69, 9.17) is 5.11 Å². The molecule has 0 aliphatic heterocycles. The zero-order chi connectivity index (χ0) is 73.8. The summed E-state index contributed by atoms with van der Waals surface area (Å²) in [5.41, 5.74) is -10.6. The Balaban J connectivity index is 0.000000226. The SMILES string of the molecule is C.C.C[C@H](C(C[C@](C)(O)C(F)(F)F)S(=O)(=O)c1ccccc1)[C@H]1CC[C@H]2[C@@H]3CC=C4C[C@](O)(C(F)(F)F)CC[C@]4(C)[C@H]3CC[C@]12C.C[C@H](CS(=O)(=O)c1ccccc1)[C@H]1CC[C@H]2[C@@H]3CC=C4C[C@](O)(C(F)(F)F)CC[C@]4(C)[C@H]3CC[C@]12C.Cc1ccc(S(=O)(=O)OC[C@](C)(O)C(F)(F)F)cc1. The molecule has 572 valence electrons. The van der Waals surface area contributed by atoms with Crippen molar-refractivity contribution in [3.05, 3.63) is 114 Å². The number of hydrogen-bond acceptors (Lipinski definition) is 11. The second-order valence-corrected chi connectivity index (χ2v) is 37.8. The molecule has 0 heterocycles. The molecule has 6 saturated carbocycles. The van der Waals surface area contributed by atoms with Crippen molar-refractivity contribution in [2.24, 2.45) is 80.8 Å². The van der Waals surface area contributed by atoms with Crippen molar-refractivity contribution in [1.82, 2.24) is 0 Å². The molecule has 19 atom stereocenters. The molecule has 11 rings (SSSR count). The van der Waals surface area contributed by atoms with Gasteiger partial charge >= 0.3 is 24.7 Å². The molecule has 0 aromatic heterocycles. The van der Waals surface area contributed by atoms with Crippen LogP contribution in [0.3, 0.4) is 0 Å². The standard InChI is InChI=1S/C33H44F6O4S.C29H39F3O3S.C11H13F3O4S.2CH4/c1-20(27(19-30(4,40)32(34,35)36)44(42,43)22-8-6-5-7-9-22)24-12-13-25-23-11-10-21-18-31(41,33(37,38)39)17-16-28(21,2)26(23)14-15-29(24,25)3;1-19(18-36(34,35)21-7-5-4-6-8-21)23-11-12-24-22-10-9-20-17-28(33,29(30,31)32)16-15-26(20,2)25(22)13-14-27(23,24)3;1-8-3-5-9(6-4-8)19(16,17)18-7-10(2,15)11(12,13)14;;/h5-10,20,23-27,40-41H,11-19H2,1-4H3;4-9,19,22-25,33H,10-18H2,1-3H3;3-6,15H,7H2,1-2H3;2*1H4/t20-,23-,24+,25-,26-,27?,28-,29+,30-,31-;19-,22+,23-,24+,25+,26+,27-,28+;10-;;/m010../s1. The predicted octanol–water partition coefficient (Wildman–Crippen LogP) is 18.3. The number of sulfone groups is 2. The monoisotopic (exact) mass is 1500 g/mol. The number of aryl methyl sites for hydroxylation is 1. The Morgan fingerprint density at radius 3 is 1.34 bits per heavy atom. The van der Waals surface area contributed by atoms with Gasteiger partial charge in [0, 0.05) is 19.3 Å². The van der Waals surface area contributed by atoms with Crippen molar-refractivity contribution < 1.29 is 103 Å². The molecule has 8 aliphatic rings. The highest BCUT2D eigenvalue weighted by Gasteiger charge is 2.67. The number of fused-ring (bicyclic) bond motifs is 10. The topological polar surface area (TPSA) is 193 Å². The van der Waals surface area contributed by atoms with Gasteiger partial charge in [-0.15, -0.1) is 0 Å². The second kappa shape index (κ2) is 28.9. The van der Waals surface area contributed by atoms with Crippen LogP contribution >= 0.6 is 0 Å². The van der Waals surface area contributed by atoms with Crippen LogP contribution in [0.15, 0.2) is 123 Å². The lowest BCUT2D eigenvalue weighted by Crippen LogP contribution is -2.56. The molecule has 26 heteroatoms. The first-order chi connectivity index (χ1) is 45.3. The fraction of sp³-hybridized carbons (Fsp3) is 0.707. The first kappa shape index (κ1) is 84.2. The van der Waals surface area contributed by atoms with Gasteiger partial charge in [0.05, 0.1) is 25.7 Å². The van der Waals surface area contributed by atoms with E-state index in [2.05, 4.69) is 31.9 Å². The average molecular weight is 1510 g/mol. The third kappa shape index (κ3) is 15.9. The molecule has 3 aromatic rings. The van der Waals surface area contributed by atoms with Crippen molar-refractivity contribution in [1.29, 1.82) is 0 Å². The summed E-state index contributed by atoms with van der Waals surface area (Å²) >= 11 is 0. The van der Waals surface area contributed by atoms with E-state index < -0.39 is 113 Å². The van der Waals surface area contributed by atoms with Gasteiger partial charge < -0.3 is 20.4 Å². The van der Waals surface area contributed by atoms with Crippen molar-refractivity contribution in [2.45, 2.75) is 253 Å². The van der Waals surface area contributed by atoms with Crippen LogP contribution in [0.2, 0.25) is 0 Å². The first-order valence-electron chi connectivity index (χ1n) is 34.3. The van der Waals surface area contributed by atoms with Gasteiger partial charge in [-0.25, -0.2) is 16.8 Å². The van der Waals surface area contributed by atoms with Crippen LogP contribution in [0.1, 0.15) is 185 Å². The predicted molar refractivity (Wildman–Crippen MR) is 362 cm³/mol. The molecule has 0 spiro atoms. The van der Waals surface area contributed by atoms with E-state index in [9.17, 15) is 93.3 Å². The highest BCUT2D eigenvalue weighted by atomic mass is 32.2. The lowest BCUT2D eigenvalue weighted by atomic mass is 9.46. The number of hydrogen-bond donors (Lipinski definition) is 4. The Kier molecular flexibility index (Phi) is 24.1. The molecule has 0 amide bonds. The summed E-state index contributed by atoms with van der Waals surface area (Å²) < 4.78 is 242. The number of rotatable bonds is 14. The number of benzene rings is 3. The van der Waals surface area contributed by atoms with Crippen molar-refractivity contribution >= 4 is 29.8 Å². The Morgan fingerprint density at radius 2 is 0.921 bits per heavy atom. The van der Waals surface area contributed by atoms with Gasteiger partial charge in [0.1, 0.15) is 6.61 Å². The Labute approximate surface area is 589 Å². The molecular weight excluding hydrogens is 1400 g/mol. The average Bonchev–Trinajstić information content (AvgIpc) is 1.71. The van der Waals surface area contributed by atoms with Crippen molar-refractivity contribution in [3.8, 4) is 0 Å². The van der Waals surface area contributed by atoms with Crippen LogP contribution in [0.4, 0.5) is 52.7 Å². The number of aliphatic hydroxyl groups is 4. The third-order valence-corrected chi connectivity index (χ3v) is 31.7. The van der Waals surface area contributed by atoms with Crippen molar-refractivity contribution in [2.75, 3.05) is 12.4 Å². The van der Waals surface area contributed by atoms with E-state index in [-0.39, 0.29) is 102 Å². The Morgan fingerprint density at radius 1 is 0.515 bits per heavy atom. The highest BCUT2D eigenvalue weighted by molar-refractivity contribution is 7.92. The molecular formula is C75H104F12O11S3. The summed E-state index contributed by atoms with van der Waals surface area (Å²) in [6.07, 6.45) is -8.92. The van der Waals surface area contributed by atoms with E-state index in [1.807, 2.05) is 25.1 Å². The fourth-order valence-electron chi connectivity index (χ4n) is 20.0. The minimum absolute atomic E-state index is 0. The molecule has 8 aliphatic carbocycles. The van der Waals surface area contributed by atoms with Gasteiger partial charge in [-0.2, -0.15) is 61.1 Å². The summed E-state index contributed by atoms with van der Waals surface area (Å²) in [7, 11) is -11.9. The van der Waals surface area contributed by atoms with Crippen LogP contribution in [-0.2, 0) is 34.0 Å². The summed E-state index contributed by atoms with van der Waals surface area (Å²) in [5, 5.41) is 39.0. The van der Waals surface area contributed by atoms with E-state index in [1.54, 1.807) is 44.2 Å². The van der Waals surface area contributed by atoms with E-state index in [0.717, 1.165) is 56.1 Å². The van der Waals surface area contributed by atoms with Crippen LogP contribution in [0.25, 0.3) is 0 Å². The van der Waals surface area contributed by atoms with Crippen LogP contribution in [0, 0.1) is 87.8 Å². The number of alkyl halides is 12. The van der Waals surface area contributed by atoms with E-state index >= 15 is 0 Å². The van der Waals surface area contributed by atoms with Gasteiger partial charge in [0.25, 0.3) is 10.1 Å². The number of allylic oxidation sites excluding steroid dienone is 2. The fourth-order valence-corrected chi connectivity index (χ4v) is 24.9. The summed E-state index contributed by atoms with van der Waals surface area (Å²) in [6.45, 7) is 13.8. The summed E-state index contributed by atoms with van der Waals surface area (Å²) in [4.78, 5) is 0.0394. The zero-order valence-corrected chi connectivity index (χ0v) is 59.9. The third-order valence-electron chi connectivity index (χ3n) is 26.1. The smallest absolute Gasteiger partial charge is 0.381 e. The molecule has 1 unspecified atom stereocenters. The molecule has 101 heavy (non-hydrogen) atoms. The van der Waals surface area contributed by atoms with E-state index in [1.165, 1.54) is 48.5 Å². The summed E-state index contributed by atoms with van der Waals surface area (Å²) in [6, 6.07) is 21.5. The van der Waals surface area contributed by atoms with Crippen LogP contribution < -0.4 is 0 Å². The largest absolute Gasteiger partial charge is 0.419 e. The quantitative estimate of drug-likeness (QED) is 0.0682. The molecule has 3 aromatic carbocycles. The molecule has 6 fully saturated rings. The van der Waals surface area contributed by atoms with Gasteiger partial charge in [0.15, 0.2) is 42.1 Å². The van der Waals surface area contributed by atoms with Gasteiger partial charge in [-0.05, 0) is 228 Å². The molecule has 4 N–H and O–H groups in total. The van der Waals surface area contributed by atoms with Gasteiger partial charge in [0.2, 0.25) is 0 Å². The van der Waals surface area contributed by atoms with Crippen LogP contribution in [0.5, 0.6) is 0 Å². The Hall–Kier alpha value is -4.05. The summed E-state index contributed by atoms with van der Waals surface area (Å²) in [5.74, 6) is 1.20. The first-order valence-corrected chi connectivity index (χ1v) is 38.9. The highest BCUT2D eigenvalue weighted by Crippen LogP contribution is 2.71. The molecule has 0 radical (unpaired) electrons. The normalized spacial score (nSPS) is 34.8. The molecule has 0 saturated heterocycles. The number of halogens is 12. The Bertz CT molecular complexity index is 3790. The maximum absolute atomic E-state index is 14.0. The lowest BCUT2D eigenvalue weighted by Gasteiger charge is -2.59. The minimum Gasteiger partial charge on any atom is -0.381 e. The van der Waals surface area contributed by atoms with E-state index in [0.29, 0.717) is 73.7 Å². The zero-order valence-electron chi connectivity index (χ0n) is 57.4. The minimum atomic E-state index is -5.02.